The van der Waals surface area contributed by atoms with Gasteiger partial charge in [-0.05, 0) is 51.4 Å². The van der Waals surface area contributed by atoms with Crippen LogP contribution in [-0.2, 0) is 4.79 Å². The number of nitrogens with one attached hydrogen (secondary N) is 2. The molecule has 2 N–H and O–H groups in total. The van der Waals surface area contributed by atoms with Gasteiger partial charge in [0.25, 0.3) is 17.0 Å². The van der Waals surface area contributed by atoms with E-state index in [-0.39, 0.29) is 35.4 Å². The first-order chi connectivity index (χ1) is 17.2. The number of nitrogens with zero attached hydrogens (tertiary/aromatic N) is 3. The zero-order valence-corrected chi connectivity index (χ0v) is 22.3. The molecule has 1 saturated carbocycles. The van der Waals surface area contributed by atoms with E-state index in [0.717, 1.165) is 31.6 Å². The standard InChI is InChI=1S/C26H37N5O4S/c1-17(2)16-21(22(32)25-29-30-26(35-25)36-15-14-31(3)4)28-24(34)19-12-8-9-13-20(19)27-23(33)18-10-6-5-7-11-18/h5-7,10-11,17,19-21H,8-9,12-16H2,1-4H3,(H,27,33)(H,28,34)/t19-,20+,21?/m1/s1. The lowest BCUT2D eigenvalue weighted by atomic mass is 9.83. The monoisotopic (exact) mass is 515 g/mol. The highest BCUT2D eigenvalue weighted by Crippen LogP contribution is 2.26. The molecule has 1 aliphatic rings. The highest BCUT2D eigenvalue weighted by molar-refractivity contribution is 7.99. The van der Waals surface area contributed by atoms with E-state index in [4.69, 9.17) is 4.42 Å². The van der Waals surface area contributed by atoms with Crippen LogP contribution in [0.4, 0.5) is 0 Å². The molecule has 1 unspecified atom stereocenters. The third-order valence-corrected chi connectivity index (χ3v) is 6.98. The molecule has 0 radical (unpaired) electrons. The Morgan fingerprint density at radius 3 is 2.53 bits per heavy atom. The Bertz CT molecular complexity index is 1010. The minimum atomic E-state index is -0.773. The third kappa shape index (κ3) is 8.16. The maximum Gasteiger partial charge on any atom is 0.286 e. The van der Waals surface area contributed by atoms with E-state index in [2.05, 4.69) is 20.8 Å². The lowest BCUT2D eigenvalue weighted by Crippen LogP contribution is -2.52. The summed E-state index contributed by atoms with van der Waals surface area (Å²) in [6.07, 6.45) is 3.66. The molecule has 3 atom stereocenters. The topological polar surface area (TPSA) is 117 Å². The van der Waals surface area contributed by atoms with Crippen molar-refractivity contribution in [2.75, 3.05) is 26.4 Å². The SMILES string of the molecule is CC(C)CC(NC(=O)[C@@H]1CCCC[C@@H]1NC(=O)c1ccccc1)C(=O)c1nnc(SCCN(C)C)o1. The fourth-order valence-electron chi connectivity index (χ4n) is 4.27. The van der Waals surface area contributed by atoms with Gasteiger partial charge in [0.15, 0.2) is 0 Å². The summed E-state index contributed by atoms with van der Waals surface area (Å²) in [6.45, 7) is 4.82. The first-order valence-electron chi connectivity index (χ1n) is 12.6. The fourth-order valence-corrected chi connectivity index (χ4v) is 5.14. The number of carbonyl (C=O) groups excluding carboxylic acids is 3. The average molecular weight is 516 g/mol. The van der Waals surface area contributed by atoms with Crippen molar-refractivity contribution in [3.05, 3.63) is 41.8 Å². The van der Waals surface area contributed by atoms with Crippen LogP contribution in [0.3, 0.4) is 0 Å². The van der Waals surface area contributed by atoms with Gasteiger partial charge >= 0.3 is 0 Å². The van der Waals surface area contributed by atoms with E-state index in [1.54, 1.807) is 12.1 Å². The number of hydrogen-bond donors (Lipinski definition) is 2. The van der Waals surface area contributed by atoms with Crippen LogP contribution in [0.15, 0.2) is 40.0 Å². The molecule has 0 bridgehead atoms. The Kier molecular flexibility index (Phi) is 10.5. The lowest BCUT2D eigenvalue weighted by molar-refractivity contribution is -0.127. The zero-order valence-electron chi connectivity index (χ0n) is 21.5. The molecule has 1 fully saturated rings. The van der Waals surface area contributed by atoms with E-state index in [9.17, 15) is 14.4 Å². The van der Waals surface area contributed by atoms with Crippen molar-refractivity contribution in [3.63, 3.8) is 0 Å². The van der Waals surface area contributed by atoms with Gasteiger partial charge in [-0.1, -0.05) is 56.7 Å². The Hall–Kier alpha value is -2.72. The lowest BCUT2D eigenvalue weighted by Gasteiger charge is -2.32. The second-order valence-electron chi connectivity index (χ2n) is 9.92. The van der Waals surface area contributed by atoms with Gasteiger partial charge in [-0.15, -0.1) is 10.2 Å². The van der Waals surface area contributed by atoms with Crippen LogP contribution < -0.4 is 10.6 Å². The molecule has 2 amide bonds. The van der Waals surface area contributed by atoms with Crippen molar-refractivity contribution in [1.82, 2.24) is 25.7 Å². The van der Waals surface area contributed by atoms with E-state index in [0.29, 0.717) is 23.6 Å². The molecule has 10 heteroatoms. The molecule has 3 rings (SSSR count). The summed E-state index contributed by atoms with van der Waals surface area (Å²) in [5, 5.41) is 14.3. The predicted octanol–water partition coefficient (Wildman–Crippen LogP) is 3.43. The molecule has 196 valence electrons. The Balaban J connectivity index is 1.67. The Morgan fingerprint density at radius 2 is 1.83 bits per heavy atom. The second-order valence-corrected chi connectivity index (χ2v) is 11.0. The van der Waals surface area contributed by atoms with Crippen LogP contribution in [0.2, 0.25) is 0 Å². The van der Waals surface area contributed by atoms with Crippen molar-refractivity contribution in [2.45, 2.75) is 63.3 Å². The second kappa shape index (κ2) is 13.5. The summed E-state index contributed by atoms with van der Waals surface area (Å²) in [5.74, 6) is -0.389. The number of benzene rings is 1. The molecule has 2 aromatic rings. The van der Waals surface area contributed by atoms with E-state index < -0.39 is 12.0 Å². The summed E-state index contributed by atoms with van der Waals surface area (Å²) < 4.78 is 5.60. The van der Waals surface area contributed by atoms with Crippen LogP contribution in [0.1, 0.15) is 67.0 Å². The van der Waals surface area contributed by atoms with E-state index in [1.165, 1.54) is 11.8 Å². The quantitative estimate of drug-likeness (QED) is 0.326. The van der Waals surface area contributed by atoms with Crippen molar-refractivity contribution in [2.24, 2.45) is 11.8 Å². The van der Waals surface area contributed by atoms with Crippen molar-refractivity contribution < 1.29 is 18.8 Å². The van der Waals surface area contributed by atoms with Crippen molar-refractivity contribution in [3.8, 4) is 0 Å². The number of Topliss-reactive ketones (excluding diaryl/α,β-unsaturated/α-hetero) is 1. The number of ketones is 1. The minimum Gasteiger partial charge on any atom is -0.408 e. The number of thioether (sulfide) groups is 1. The Labute approximate surface area is 217 Å². The number of rotatable bonds is 12. The average Bonchev–Trinajstić information content (AvgIpc) is 3.32. The number of carbonyl (C=O) groups is 3. The Morgan fingerprint density at radius 1 is 1.11 bits per heavy atom. The van der Waals surface area contributed by atoms with Crippen LogP contribution in [0, 0.1) is 11.8 Å². The van der Waals surface area contributed by atoms with E-state index in [1.807, 2.05) is 51.0 Å². The molecular formula is C26H37N5O4S. The van der Waals surface area contributed by atoms with E-state index >= 15 is 0 Å². The smallest absolute Gasteiger partial charge is 0.286 e. The summed E-state index contributed by atoms with van der Waals surface area (Å²) in [5.41, 5.74) is 0.561. The summed E-state index contributed by atoms with van der Waals surface area (Å²) in [6, 6.07) is 7.92. The molecule has 0 saturated heterocycles. The van der Waals surface area contributed by atoms with Gasteiger partial charge in [0, 0.05) is 23.9 Å². The maximum absolute atomic E-state index is 13.4. The van der Waals surface area contributed by atoms with Gasteiger partial charge in [0.05, 0.1) is 12.0 Å². The van der Waals surface area contributed by atoms with Crippen LogP contribution in [0.25, 0.3) is 0 Å². The third-order valence-electron chi connectivity index (χ3n) is 6.18. The predicted molar refractivity (Wildman–Crippen MR) is 139 cm³/mol. The fraction of sp³-hybridized carbons (Fsp3) is 0.577. The number of aromatic nitrogens is 2. The summed E-state index contributed by atoms with van der Waals surface area (Å²) >= 11 is 1.39. The minimum absolute atomic E-state index is 0.0918. The largest absolute Gasteiger partial charge is 0.408 e. The molecule has 9 nitrogen and oxygen atoms in total. The highest BCUT2D eigenvalue weighted by atomic mass is 32.2. The van der Waals surface area contributed by atoms with Gasteiger partial charge in [-0.3, -0.25) is 14.4 Å². The van der Waals surface area contributed by atoms with Gasteiger partial charge in [-0.2, -0.15) is 0 Å². The number of hydrogen-bond acceptors (Lipinski definition) is 8. The van der Waals surface area contributed by atoms with Crippen molar-refractivity contribution in [1.29, 1.82) is 0 Å². The van der Waals surface area contributed by atoms with Gasteiger partial charge in [-0.25, -0.2) is 0 Å². The number of amides is 2. The molecule has 1 aromatic carbocycles. The van der Waals surface area contributed by atoms with Gasteiger partial charge in [0.2, 0.25) is 11.7 Å². The zero-order chi connectivity index (χ0) is 26.1. The van der Waals surface area contributed by atoms with Crippen LogP contribution in [0.5, 0.6) is 0 Å². The molecule has 36 heavy (non-hydrogen) atoms. The molecule has 0 aliphatic heterocycles. The molecule has 1 aliphatic carbocycles. The van der Waals surface area contributed by atoms with Crippen LogP contribution >= 0.6 is 11.8 Å². The first-order valence-corrected chi connectivity index (χ1v) is 13.5. The molecule has 1 aromatic heterocycles. The summed E-state index contributed by atoms with van der Waals surface area (Å²) in [7, 11) is 3.96. The maximum atomic E-state index is 13.4. The van der Waals surface area contributed by atoms with Crippen LogP contribution in [-0.4, -0.2) is 71.2 Å². The first kappa shape index (κ1) is 27.9. The molecule has 0 spiro atoms. The highest BCUT2D eigenvalue weighted by Gasteiger charge is 2.35. The van der Waals surface area contributed by atoms with Crippen molar-refractivity contribution >= 4 is 29.4 Å². The normalized spacial score (nSPS) is 18.7. The van der Waals surface area contributed by atoms with Gasteiger partial charge < -0.3 is 20.0 Å². The van der Waals surface area contributed by atoms with Gasteiger partial charge in [0.1, 0.15) is 0 Å². The molecular weight excluding hydrogens is 478 g/mol. The molecule has 1 heterocycles. The summed E-state index contributed by atoms with van der Waals surface area (Å²) in [4.78, 5) is 41.4.